The van der Waals surface area contributed by atoms with Crippen LogP contribution >= 0.6 is 0 Å². The zero-order chi connectivity index (χ0) is 14.8. The summed E-state index contributed by atoms with van der Waals surface area (Å²) < 4.78 is 0. The number of hydrogen-bond donors (Lipinski definition) is 2. The summed E-state index contributed by atoms with van der Waals surface area (Å²) in [7, 11) is 3.98. The van der Waals surface area contributed by atoms with Crippen molar-refractivity contribution in [3.8, 4) is 0 Å². The lowest BCUT2D eigenvalue weighted by atomic mass is 9.72. The molecule has 0 radical (unpaired) electrons. The van der Waals surface area contributed by atoms with Crippen LogP contribution in [-0.2, 0) is 10.3 Å². The van der Waals surface area contributed by atoms with E-state index in [1.807, 2.05) is 32.3 Å². The van der Waals surface area contributed by atoms with Crippen LogP contribution in [0.15, 0.2) is 24.3 Å². The van der Waals surface area contributed by atoms with Crippen LogP contribution < -0.4 is 5.32 Å². The van der Waals surface area contributed by atoms with E-state index >= 15 is 0 Å². The average Bonchev–Trinajstić information content (AvgIpc) is 2.41. The number of rotatable bonds is 5. The van der Waals surface area contributed by atoms with Crippen LogP contribution in [0.4, 0.5) is 0 Å². The van der Waals surface area contributed by atoms with E-state index in [0.717, 1.165) is 18.5 Å². The molecule has 0 fully saturated rings. The number of fused-ring (bicyclic) bond motifs is 1. The normalized spacial score (nSPS) is 25.5. The van der Waals surface area contributed by atoms with E-state index < -0.39 is 11.5 Å². The molecule has 1 aromatic rings. The van der Waals surface area contributed by atoms with E-state index in [2.05, 4.69) is 23.2 Å². The highest BCUT2D eigenvalue weighted by molar-refractivity contribution is 5.82. The van der Waals surface area contributed by atoms with Crippen molar-refractivity contribution >= 4 is 5.97 Å². The minimum absolute atomic E-state index is 0.425. The van der Waals surface area contributed by atoms with Gasteiger partial charge in [0.2, 0.25) is 0 Å². The molecular weight excluding hydrogens is 252 g/mol. The smallest absolute Gasteiger partial charge is 0.328 e. The molecule has 0 spiro atoms. The highest BCUT2D eigenvalue weighted by Gasteiger charge is 2.44. The number of benzene rings is 1. The number of likely N-dealkylation sites (N-methyl/N-ethyl adjacent to an activating group) is 1. The molecule has 2 rings (SSSR count). The summed E-state index contributed by atoms with van der Waals surface area (Å²) in [5.74, 6) is -0.343. The average molecular weight is 276 g/mol. The molecule has 4 nitrogen and oxygen atoms in total. The van der Waals surface area contributed by atoms with Gasteiger partial charge in [-0.3, -0.25) is 5.32 Å². The number of carboxylic acids is 1. The predicted octanol–water partition coefficient (Wildman–Crippen LogP) is 2.01. The van der Waals surface area contributed by atoms with Gasteiger partial charge >= 0.3 is 5.97 Å². The molecule has 2 unspecified atom stereocenters. The Hall–Kier alpha value is -1.39. The van der Waals surface area contributed by atoms with Crippen molar-refractivity contribution in [2.75, 3.05) is 27.2 Å². The maximum absolute atomic E-state index is 11.9. The Morgan fingerprint density at radius 3 is 2.80 bits per heavy atom. The quantitative estimate of drug-likeness (QED) is 0.864. The Bertz CT molecular complexity index is 487. The Kier molecular flexibility index (Phi) is 4.45. The number of hydrogen-bond acceptors (Lipinski definition) is 3. The van der Waals surface area contributed by atoms with Crippen LogP contribution in [0.2, 0.25) is 0 Å². The second-order valence-corrected chi connectivity index (χ2v) is 5.97. The van der Waals surface area contributed by atoms with Crippen LogP contribution in [0.25, 0.3) is 0 Å². The number of carboxylic acid groups (broad SMARTS) is 1. The molecule has 0 saturated heterocycles. The molecule has 110 valence electrons. The zero-order valence-corrected chi connectivity index (χ0v) is 12.5. The van der Waals surface area contributed by atoms with Crippen LogP contribution in [0, 0.1) is 0 Å². The van der Waals surface area contributed by atoms with E-state index in [-0.39, 0.29) is 0 Å². The fourth-order valence-electron chi connectivity index (χ4n) is 3.01. The third-order valence-corrected chi connectivity index (χ3v) is 4.25. The predicted molar refractivity (Wildman–Crippen MR) is 80.0 cm³/mol. The van der Waals surface area contributed by atoms with Gasteiger partial charge in [0.15, 0.2) is 0 Å². The highest BCUT2D eigenvalue weighted by Crippen LogP contribution is 2.41. The van der Waals surface area contributed by atoms with Gasteiger partial charge in [0.25, 0.3) is 0 Å². The first kappa shape index (κ1) is 15.0. The molecule has 4 heteroatoms. The van der Waals surface area contributed by atoms with Crippen molar-refractivity contribution in [3.05, 3.63) is 35.4 Å². The van der Waals surface area contributed by atoms with Gasteiger partial charge in [0.1, 0.15) is 5.54 Å². The minimum atomic E-state index is -0.931. The van der Waals surface area contributed by atoms with Crippen LogP contribution in [-0.4, -0.2) is 43.2 Å². The van der Waals surface area contributed by atoms with E-state index in [1.54, 1.807) is 0 Å². The molecular formula is C16H24N2O2. The van der Waals surface area contributed by atoms with Gasteiger partial charge in [0, 0.05) is 13.1 Å². The molecule has 0 aromatic heterocycles. The lowest BCUT2D eigenvalue weighted by Gasteiger charge is -2.39. The molecule has 2 N–H and O–H groups in total. The summed E-state index contributed by atoms with van der Waals surface area (Å²) >= 11 is 0. The number of nitrogens with one attached hydrogen (secondary N) is 1. The topological polar surface area (TPSA) is 52.6 Å². The fourth-order valence-corrected chi connectivity index (χ4v) is 3.01. The molecule has 0 heterocycles. The zero-order valence-electron chi connectivity index (χ0n) is 12.5. The first-order valence-corrected chi connectivity index (χ1v) is 7.20. The molecule has 1 aromatic carbocycles. The molecule has 0 saturated carbocycles. The van der Waals surface area contributed by atoms with E-state index in [4.69, 9.17) is 0 Å². The second-order valence-electron chi connectivity index (χ2n) is 5.97. The number of aliphatic carboxylic acids is 1. The minimum Gasteiger partial charge on any atom is -0.480 e. The lowest BCUT2D eigenvalue weighted by molar-refractivity contribution is -0.146. The molecule has 1 aliphatic carbocycles. The molecule has 0 bridgehead atoms. The maximum Gasteiger partial charge on any atom is 0.328 e. The SMILES string of the molecule is CC1CCC(NCCN(C)C)(C(=O)O)c2ccccc21. The Morgan fingerprint density at radius 2 is 2.15 bits per heavy atom. The highest BCUT2D eigenvalue weighted by atomic mass is 16.4. The first-order chi connectivity index (χ1) is 9.47. The van der Waals surface area contributed by atoms with Gasteiger partial charge in [-0.1, -0.05) is 31.2 Å². The van der Waals surface area contributed by atoms with Gasteiger partial charge < -0.3 is 10.0 Å². The number of nitrogens with zero attached hydrogens (tertiary/aromatic N) is 1. The van der Waals surface area contributed by atoms with Crippen molar-refractivity contribution in [2.45, 2.75) is 31.2 Å². The summed E-state index contributed by atoms with van der Waals surface area (Å²) in [4.78, 5) is 14.0. The van der Waals surface area contributed by atoms with Gasteiger partial charge in [0.05, 0.1) is 0 Å². The van der Waals surface area contributed by atoms with Crippen molar-refractivity contribution in [1.29, 1.82) is 0 Å². The summed E-state index contributed by atoms with van der Waals surface area (Å²) in [6.45, 7) is 3.67. The van der Waals surface area contributed by atoms with Crippen molar-refractivity contribution in [1.82, 2.24) is 10.2 Å². The second kappa shape index (κ2) is 5.94. The molecule has 0 amide bonds. The van der Waals surface area contributed by atoms with Gasteiger partial charge in [-0.15, -0.1) is 0 Å². The van der Waals surface area contributed by atoms with E-state index in [0.29, 0.717) is 18.9 Å². The standard InChI is InChI=1S/C16H24N2O2/c1-12-8-9-16(15(19)20,17-10-11-18(2)3)14-7-5-4-6-13(12)14/h4-7,12,17H,8-11H2,1-3H3,(H,19,20). The first-order valence-electron chi connectivity index (χ1n) is 7.20. The van der Waals surface area contributed by atoms with Gasteiger partial charge in [-0.2, -0.15) is 0 Å². The monoisotopic (exact) mass is 276 g/mol. The summed E-state index contributed by atoms with van der Waals surface area (Å²) in [5, 5.41) is 13.1. The maximum atomic E-state index is 11.9. The van der Waals surface area contributed by atoms with E-state index in [1.165, 1.54) is 5.56 Å². The Morgan fingerprint density at radius 1 is 1.45 bits per heavy atom. The molecule has 2 atom stereocenters. The fraction of sp³-hybridized carbons (Fsp3) is 0.562. The third kappa shape index (κ3) is 2.72. The summed E-state index contributed by atoms with van der Waals surface area (Å²) in [6.07, 6.45) is 1.55. The van der Waals surface area contributed by atoms with Crippen molar-refractivity contribution in [3.63, 3.8) is 0 Å². The molecule has 1 aliphatic rings. The lowest BCUT2D eigenvalue weighted by Crippen LogP contribution is -2.53. The third-order valence-electron chi connectivity index (χ3n) is 4.25. The summed E-state index contributed by atoms with van der Waals surface area (Å²) in [5.41, 5.74) is 1.17. The van der Waals surface area contributed by atoms with Crippen LogP contribution in [0.3, 0.4) is 0 Å². The Labute approximate surface area is 120 Å². The largest absolute Gasteiger partial charge is 0.480 e. The van der Waals surface area contributed by atoms with Gasteiger partial charge in [-0.05, 0) is 44.0 Å². The van der Waals surface area contributed by atoms with E-state index in [9.17, 15) is 9.90 Å². The molecule has 20 heavy (non-hydrogen) atoms. The number of carbonyl (C=O) groups is 1. The van der Waals surface area contributed by atoms with Crippen molar-refractivity contribution < 1.29 is 9.90 Å². The van der Waals surface area contributed by atoms with Crippen LogP contribution in [0.1, 0.15) is 36.8 Å². The van der Waals surface area contributed by atoms with Crippen LogP contribution in [0.5, 0.6) is 0 Å². The Balaban J connectivity index is 2.33. The van der Waals surface area contributed by atoms with Gasteiger partial charge in [-0.25, -0.2) is 4.79 Å². The molecule has 0 aliphatic heterocycles. The summed E-state index contributed by atoms with van der Waals surface area (Å²) in [6, 6.07) is 7.95. The van der Waals surface area contributed by atoms with Crippen molar-refractivity contribution in [2.24, 2.45) is 0 Å².